The molecule has 0 saturated carbocycles. The Morgan fingerprint density at radius 3 is 1.63 bits per heavy atom. The van der Waals surface area contributed by atoms with Crippen LogP contribution in [0.25, 0.3) is 38.6 Å². The Bertz CT molecular complexity index is 2640. The Balaban J connectivity index is 1.10. The van der Waals surface area contributed by atoms with Gasteiger partial charge in [0.2, 0.25) is 0 Å². The van der Waals surface area contributed by atoms with Crippen LogP contribution in [0.4, 0.5) is 17.1 Å². The van der Waals surface area contributed by atoms with Crippen molar-refractivity contribution in [2.24, 2.45) is 4.99 Å². The summed E-state index contributed by atoms with van der Waals surface area (Å²) in [6.07, 6.45) is 12.3. The lowest BCUT2D eigenvalue weighted by Crippen LogP contribution is -2.43. The van der Waals surface area contributed by atoms with Crippen LogP contribution in [0.15, 0.2) is 120 Å². The normalized spacial score (nSPS) is 18.6. The first kappa shape index (κ1) is 32.0. The number of hydrogen-bond acceptors (Lipinski definition) is 2. The third-order valence-electron chi connectivity index (χ3n) is 13.8. The van der Waals surface area contributed by atoms with Gasteiger partial charge in [-0.2, -0.15) is 0 Å². The SMILES string of the molecule is CC1(C)c2cccc3c2N2c4c1cccc4C(C)(C)c1cc(-c4ccc(-c5c6c(c(C7=CCCC=C7)c7ccccc57)CN=CC6)cc4)cc(c12)C3(C)C. The first-order valence-corrected chi connectivity index (χ1v) is 19.9. The number of fused-ring (bicyclic) bond motifs is 2. The zero-order valence-corrected chi connectivity index (χ0v) is 32.3. The Morgan fingerprint density at radius 1 is 0.519 bits per heavy atom. The smallest absolute Gasteiger partial charge is 0.0645 e. The molecule has 0 radical (unpaired) electrons. The van der Waals surface area contributed by atoms with E-state index in [0.717, 1.165) is 25.8 Å². The van der Waals surface area contributed by atoms with Crippen molar-refractivity contribution in [1.82, 2.24) is 0 Å². The minimum absolute atomic E-state index is 0.0854. The van der Waals surface area contributed by atoms with E-state index >= 15 is 0 Å². The zero-order chi connectivity index (χ0) is 36.7. The lowest BCUT2D eigenvalue weighted by atomic mass is 9.60. The van der Waals surface area contributed by atoms with Crippen LogP contribution < -0.4 is 4.90 Å². The fraction of sp³-hybridized carbons (Fsp3) is 0.250. The van der Waals surface area contributed by atoms with Crippen LogP contribution in [0.1, 0.15) is 104 Å². The number of rotatable bonds is 3. The number of benzene rings is 6. The highest BCUT2D eigenvalue weighted by atomic mass is 15.2. The van der Waals surface area contributed by atoms with E-state index in [-0.39, 0.29) is 16.2 Å². The van der Waals surface area contributed by atoms with Gasteiger partial charge in [0.15, 0.2) is 0 Å². The summed E-state index contributed by atoms with van der Waals surface area (Å²) in [6.45, 7) is 15.3. The number of para-hydroxylation sites is 2. The maximum absolute atomic E-state index is 4.82. The highest BCUT2D eigenvalue weighted by Crippen LogP contribution is 2.66. The van der Waals surface area contributed by atoms with E-state index in [1.807, 2.05) is 0 Å². The number of allylic oxidation sites excluding steroid dienone is 4. The molecule has 0 fully saturated rings. The van der Waals surface area contributed by atoms with E-state index in [4.69, 9.17) is 4.99 Å². The Hall–Kier alpha value is -5.47. The quantitative estimate of drug-likeness (QED) is 0.180. The summed E-state index contributed by atoms with van der Waals surface area (Å²) >= 11 is 0. The fourth-order valence-electron chi connectivity index (χ4n) is 10.9. The van der Waals surface area contributed by atoms with Gasteiger partial charge in [-0.05, 0) is 114 Å². The topological polar surface area (TPSA) is 15.6 Å². The van der Waals surface area contributed by atoms with E-state index in [1.54, 1.807) is 0 Å². The maximum atomic E-state index is 4.82. The molecule has 5 aliphatic rings. The minimum atomic E-state index is -0.165. The third kappa shape index (κ3) is 4.04. The average Bonchev–Trinajstić information content (AvgIpc) is 3.19. The average molecular weight is 699 g/mol. The van der Waals surface area contributed by atoms with Crippen molar-refractivity contribution in [3.63, 3.8) is 0 Å². The fourth-order valence-corrected chi connectivity index (χ4v) is 10.9. The van der Waals surface area contributed by atoms with Crippen LogP contribution >= 0.6 is 0 Å². The van der Waals surface area contributed by atoms with Crippen LogP contribution in [0, 0.1) is 0 Å². The maximum Gasteiger partial charge on any atom is 0.0645 e. The van der Waals surface area contributed by atoms with Gasteiger partial charge in [-0.1, -0.05) is 145 Å². The van der Waals surface area contributed by atoms with Gasteiger partial charge in [-0.15, -0.1) is 0 Å². The summed E-state index contributed by atoms with van der Waals surface area (Å²) in [7, 11) is 0. The molecule has 0 unspecified atom stereocenters. The summed E-state index contributed by atoms with van der Waals surface area (Å²) in [6, 6.07) is 37.6. The van der Waals surface area contributed by atoms with Crippen LogP contribution in [-0.2, 0) is 29.2 Å². The molecule has 0 aromatic heterocycles. The van der Waals surface area contributed by atoms with Gasteiger partial charge in [0, 0.05) is 28.9 Å². The Kier molecular flexibility index (Phi) is 6.41. The van der Waals surface area contributed by atoms with Crippen molar-refractivity contribution in [2.75, 3.05) is 4.90 Å². The molecule has 0 spiro atoms. The molecule has 54 heavy (non-hydrogen) atoms. The predicted octanol–water partition coefficient (Wildman–Crippen LogP) is 13.4. The summed E-state index contributed by atoms with van der Waals surface area (Å²) in [4.78, 5) is 7.48. The number of aliphatic imine (C=N–C) groups is 1. The molecule has 264 valence electrons. The number of nitrogens with zero attached hydrogens (tertiary/aromatic N) is 2. The van der Waals surface area contributed by atoms with Crippen molar-refractivity contribution >= 4 is 39.6 Å². The molecule has 4 heterocycles. The van der Waals surface area contributed by atoms with Gasteiger partial charge >= 0.3 is 0 Å². The van der Waals surface area contributed by atoms with Crippen molar-refractivity contribution in [1.29, 1.82) is 0 Å². The lowest BCUT2D eigenvalue weighted by Gasteiger charge is -2.55. The third-order valence-corrected chi connectivity index (χ3v) is 13.8. The predicted molar refractivity (Wildman–Crippen MR) is 228 cm³/mol. The van der Waals surface area contributed by atoms with Crippen LogP contribution in [0.2, 0.25) is 0 Å². The molecule has 0 saturated heterocycles. The van der Waals surface area contributed by atoms with Crippen LogP contribution in [-0.4, -0.2) is 6.21 Å². The molecule has 11 rings (SSSR count). The second-order valence-electron chi connectivity index (χ2n) is 17.7. The summed E-state index contributed by atoms with van der Waals surface area (Å²) < 4.78 is 0. The monoisotopic (exact) mass is 698 g/mol. The van der Waals surface area contributed by atoms with E-state index in [0.29, 0.717) is 0 Å². The summed E-state index contributed by atoms with van der Waals surface area (Å²) in [5.41, 5.74) is 23.0. The molecule has 6 aromatic carbocycles. The largest absolute Gasteiger partial charge is 0.309 e. The molecule has 2 nitrogen and oxygen atoms in total. The number of hydrogen-bond donors (Lipinski definition) is 0. The lowest BCUT2D eigenvalue weighted by molar-refractivity contribution is 0.567. The van der Waals surface area contributed by atoms with Crippen LogP contribution in [0.5, 0.6) is 0 Å². The van der Waals surface area contributed by atoms with Crippen molar-refractivity contribution in [3.8, 4) is 22.3 Å². The second kappa shape index (κ2) is 10.8. The first-order chi connectivity index (χ1) is 26.1. The highest BCUT2D eigenvalue weighted by Gasteiger charge is 2.51. The molecule has 6 aromatic rings. The molecule has 0 N–H and O–H groups in total. The van der Waals surface area contributed by atoms with Crippen LogP contribution in [0.3, 0.4) is 0 Å². The number of anilines is 3. The van der Waals surface area contributed by atoms with Crippen molar-refractivity contribution in [2.45, 2.75) is 83.6 Å². The van der Waals surface area contributed by atoms with Crippen molar-refractivity contribution < 1.29 is 0 Å². The molecular weight excluding hydrogens is 653 g/mol. The molecule has 0 atom stereocenters. The minimum Gasteiger partial charge on any atom is -0.309 e. The van der Waals surface area contributed by atoms with Gasteiger partial charge in [0.25, 0.3) is 0 Å². The van der Waals surface area contributed by atoms with E-state index in [2.05, 4.69) is 168 Å². The highest BCUT2D eigenvalue weighted by molar-refractivity contribution is 6.08. The van der Waals surface area contributed by atoms with Gasteiger partial charge in [-0.3, -0.25) is 4.99 Å². The second-order valence-corrected chi connectivity index (χ2v) is 17.7. The van der Waals surface area contributed by atoms with E-state index < -0.39 is 0 Å². The Morgan fingerprint density at radius 2 is 1.06 bits per heavy atom. The molecular formula is C52H46N2. The molecule has 4 aliphatic heterocycles. The Labute approximate surface area is 319 Å². The zero-order valence-electron chi connectivity index (χ0n) is 32.3. The summed E-state index contributed by atoms with van der Waals surface area (Å²) in [5.74, 6) is 0. The molecule has 0 amide bonds. The van der Waals surface area contributed by atoms with Crippen molar-refractivity contribution in [3.05, 3.63) is 165 Å². The van der Waals surface area contributed by atoms with Gasteiger partial charge in [0.05, 0.1) is 23.6 Å². The molecule has 0 bridgehead atoms. The standard InChI is InChI=1S/C52H46N2/c1-50(2)39-18-12-20-41-47(39)54-48-40(50)19-13-21-42(48)52(5,6)44-29-34(28-43(49(44)54)51(41,3)4)31-22-24-33(25-23-31)45-35-16-10-11-17-36(35)46(32-14-8-7-9-15-32)38-30-53-27-26-37(38)45/h8,10-25,27-29H,7,9,26,30H2,1-6H3. The van der Waals surface area contributed by atoms with E-state index in [1.165, 1.54) is 106 Å². The molecule has 2 heteroatoms. The van der Waals surface area contributed by atoms with Gasteiger partial charge < -0.3 is 4.90 Å². The van der Waals surface area contributed by atoms with Gasteiger partial charge in [0.1, 0.15) is 0 Å². The summed E-state index contributed by atoms with van der Waals surface area (Å²) in [5, 5.41) is 2.66. The van der Waals surface area contributed by atoms with E-state index in [9.17, 15) is 0 Å². The van der Waals surface area contributed by atoms with Gasteiger partial charge in [-0.25, -0.2) is 0 Å². The first-order valence-electron chi connectivity index (χ1n) is 19.9. The molecule has 1 aliphatic carbocycles.